The van der Waals surface area contributed by atoms with Gasteiger partial charge < -0.3 is 9.52 Å². The van der Waals surface area contributed by atoms with Gasteiger partial charge in [-0.2, -0.15) is 0 Å². The van der Waals surface area contributed by atoms with Gasteiger partial charge in [-0.25, -0.2) is 9.78 Å². The molecule has 0 aliphatic rings. The second-order valence-corrected chi connectivity index (χ2v) is 4.64. The summed E-state index contributed by atoms with van der Waals surface area (Å²) in [6.45, 7) is 0. The third kappa shape index (κ3) is 1.83. The molecular formula is C15H10N2O5. The number of carboxylic acid groups (broad SMARTS) is 1. The molecule has 0 radical (unpaired) electrons. The molecule has 1 unspecified atom stereocenters. The van der Waals surface area contributed by atoms with Gasteiger partial charge in [-0.15, -0.1) is 0 Å². The molecule has 0 amide bonds. The van der Waals surface area contributed by atoms with Gasteiger partial charge in [0.25, 0.3) is 0 Å². The Morgan fingerprint density at radius 2 is 1.95 bits per heavy atom. The molecule has 2 aromatic heterocycles. The van der Waals surface area contributed by atoms with Crippen molar-refractivity contribution in [1.82, 2.24) is 4.98 Å². The lowest BCUT2D eigenvalue weighted by Gasteiger charge is -2.18. The first-order valence-electron chi connectivity index (χ1n) is 6.35. The summed E-state index contributed by atoms with van der Waals surface area (Å²) in [7, 11) is 0. The Balaban J connectivity index is 2.33. The number of aliphatic carboxylic acids is 1. The van der Waals surface area contributed by atoms with Crippen molar-refractivity contribution in [3.8, 4) is 0 Å². The van der Waals surface area contributed by atoms with Gasteiger partial charge in [0.15, 0.2) is 5.76 Å². The average Bonchev–Trinajstić information content (AvgIpc) is 3.01. The number of pyridine rings is 1. The lowest BCUT2D eigenvalue weighted by molar-refractivity contribution is -0.554. The fourth-order valence-electron chi connectivity index (χ4n) is 2.35. The largest absolute Gasteiger partial charge is 0.475 e. The molecule has 2 heterocycles. The Labute approximate surface area is 124 Å². The number of rotatable bonds is 4. The van der Waals surface area contributed by atoms with Gasteiger partial charge in [0.1, 0.15) is 5.69 Å². The molecule has 110 valence electrons. The number of hydrogen-bond acceptors (Lipinski definition) is 5. The molecule has 1 N–H and O–H groups in total. The number of furan rings is 1. The van der Waals surface area contributed by atoms with Crippen molar-refractivity contribution in [1.29, 1.82) is 0 Å². The van der Waals surface area contributed by atoms with Crippen LogP contribution >= 0.6 is 0 Å². The summed E-state index contributed by atoms with van der Waals surface area (Å²) >= 11 is 0. The summed E-state index contributed by atoms with van der Waals surface area (Å²) in [5.74, 6) is -1.96. The van der Waals surface area contributed by atoms with Gasteiger partial charge in [0.2, 0.25) is 0 Å². The lowest BCUT2D eigenvalue weighted by Crippen LogP contribution is -2.45. The standard InChI is InChI=1S/C15H10N2O5/c18-14(19)15(17(20)21,13-6-3-9-22-13)12-8-7-10-4-1-2-5-11(10)16-12/h1-9H,(H,18,19). The quantitative estimate of drug-likeness (QED) is 0.585. The number of aromatic nitrogens is 1. The van der Waals surface area contributed by atoms with Crippen LogP contribution in [-0.4, -0.2) is 21.0 Å². The molecule has 7 nitrogen and oxygen atoms in total. The van der Waals surface area contributed by atoms with Crippen molar-refractivity contribution >= 4 is 16.9 Å². The van der Waals surface area contributed by atoms with Crippen molar-refractivity contribution in [2.24, 2.45) is 0 Å². The zero-order chi connectivity index (χ0) is 15.7. The molecule has 1 aromatic carbocycles. The fraction of sp³-hybridized carbons (Fsp3) is 0.0667. The number of para-hydroxylation sites is 1. The monoisotopic (exact) mass is 298 g/mol. The molecule has 22 heavy (non-hydrogen) atoms. The highest BCUT2D eigenvalue weighted by Gasteiger charge is 2.59. The summed E-state index contributed by atoms with van der Waals surface area (Å²) in [5, 5.41) is 21.9. The maximum absolute atomic E-state index is 11.8. The van der Waals surface area contributed by atoms with Gasteiger partial charge in [-0.3, -0.25) is 10.1 Å². The molecule has 3 aromatic rings. The van der Waals surface area contributed by atoms with Crippen molar-refractivity contribution in [2.75, 3.05) is 0 Å². The molecule has 0 bridgehead atoms. The van der Waals surface area contributed by atoms with Crippen LogP contribution in [0, 0.1) is 10.1 Å². The first-order valence-corrected chi connectivity index (χ1v) is 6.35. The first kappa shape index (κ1) is 13.7. The molecule has 3 rings (SSSR count). The number of benzene rings is 1. The van der Waals surface area contributed by atoms with Crippen LogP contribution < -0.4 is 0 Å². The maximum atomic E-state index is 11.8. The number of fused-ring (bicyclic) bond motifs is 1. The Morgan fingerprint density at radius 1 is 1.18 bits per heavy atom. The summed E-state index contributed by atoms with van der Waals surface area (Å²) < 4.78 is 5.03. The van der Waals surface area contributed by atoms with E-state index >= 15 is 0 Å². The van der Waals surface area contributed by atoms with Crippen molar-refractivity contribution in [3.63, 3.8) is 0 Å². The molecule has 0 spiro atoms. The van der Waals surface area contributed by atoms with Gasteiger partial charge in [0.05, 0.1) is 16.7 Å². The molecule has 1 atom stereocenters. The summed E-state index contributed by atoms with van der Waals surface area (Å²) in [6, 6.07) is 12.6. The van der Waals surface area contributed by atoms with E-state index in [1.807, 2.05) is 0 Å². The van der Waals surface area contributed by atoms with Gasteiger partial charge in [-0.05, 0) is 24.3 Å². The smallest absolute Gasteiger partial charge is 0.413 e. The van der Waals surface area contributed by atoms with Crippen LogP contribution in [0.25, 0.3) is 10.9 Å². The van der Waals surface area contributed by atoms with E-state index in [1.165, 1.54) is 24.5 Å². The third-order valence-electron chi connectivity index (χ3n) is 3.43. The number of carboxylic acids is 1. The van der Waals surface area contributed by atoms with Crippen LogP contribution in [-0.2, 0) is 10.3 Å². The van der Waals surface area contributed by atoms with Crippen LogP contribution in [0.4, 0.5) is 0 Å². The highest BCUT2D eigenvalue weighted by Crippen LogP contribution is 2.33. The highest BCUT2D eigenvalue weighted by atomic mass is 16.6. The van der Waals surface area contributed by atoms with E-state index in [-0.39, 0.29) is 11.5 Å². The molecular weight excluding hydrogens is 288 g/mol. The predicted molar refractivity (Wildman–Crippen MR) is 75.9 cm³/mol. The minimum absolute atomic E-state index is 0.210. The summed E-state index contributed by atoms with van der Waals surface area (Å²) in [5.41, 5.74) is -2.31. The van der Waals surface area contributed by atoms with Crippen molar-refractivity contribution in [2.45, 2.75) is 5.54 Å². The zero-order valence-electron chi connectivity index (χ0n) is 11.2. The van der Waals surface area contributed by atoms with Gasteiger partial charge in [-0.1, -0.05) is 24.3 Å². The highest BCUT2D eigenvalue weighted by molar-refractivity contribution is 5.84. The van der Waals surface area contributed by atoms with E-state index in [0.717, 1.165) is 5.39 Å². The second-order valence-electron chi connectivity index (χ2n) is 4.64. The maximum Gasteiger partial charge on any atom is 0.413 e. The molecule has 0 aliphatic heterocycles. The lowest BCUT2D eigenvalue weighted by atomic mass is 9.92. The average molecular weight is 298 g/mol. The SMILES string of the molecule is O=C(O)C(c1ccc2ccccc2n1)(c1ccco1)[N+](=O)[O-]. The van der Waals surface area contributed by atoms with E-state index in [1.54, 1.807) is 30.3 Å². The first-order chi connectivity index (χ1) is 10.6. The van der Waals surface area contributed by atoms with Crippen molar-refractivity contribution < 1.29 is 19.2 Å². The Hall–Kier alpha value is -3.22. The second kappa shape index (κ2) is 4.96. The predicted octanol–water partition coefficient (Wildman–Crippen LogP) is 2.43. The Bertz CT molecular complexity index is 843. The molecule has 7 heteroatoms. The Kier molecular flexibility index (Phi) is 3.10. The van der Waals surface area contributed by atoms with Crippen LogP contribution in [0.3, 0.4) is 0 Å². The Morgan fingerprint density at radius 3 is 2.59 bits per heavy atom. The minimum Gasteiger partial charge on any atom is -0.475 e. The molecule has 0 saturated carbocycles. The molecule has 0 fully saturated rings. The van der Waals surface area contributed by atoms with Crippen molar-refractivity contribution in [3.05, 3.63) is 76.4 Å². The number of nitrogens with zero attached hydrogens (tertiary/aromatic N) is 2. The van der Waals surface area contributed by atoms with E-state index in [2.05, 4.69) is 4.98 Å². The third-order valence-corrected chi connectivity index (χ3v) is 3.43. The topological polar surface area (TPSA) is 106 Å². The normalized spacial score (nSPS) is 13.6. The summed E-state index contributed by atoms with van der Waals surface area (Å²) in [6.07, 6.45) is 1.19. The van der Waals surface area contributed by atoms with Crippen LogP contribution in [0.2, 0.25) is 0 Å². The summed E-state index contributed by atoms with van der Waals surface area (Å²) in [4.78, 5) is 26.6. The number of hydrogen-bond donors (Lipinski definition) is 1. The number of nitro groups is 1. The van der Waals surface area contributed by atoms with Crippen LogP contribution in [0.1, 0.15) is 11.5 Å². The zero-order valence-corrected chi connectivity index (χ0v) is 11.2. The van der Waals surface area contributed by atoms with Gasteiger partial charge in [0, 0.05) is 5.39 Å². The molecule has 0 aliphatic carbocycles. The van der Waals surface area contributed by atoms with E-state index in [4.69, 9.17) is 4.42 Å². The van der Waals surface area contributed by atoms with Gasteiger partial charge >= 0.3 is 11.5 Å². The van der Waals surface area contributed by atoms with E-state index in [9.17, 15) is 20.0 Å². The minimum atomic E-state index is -2.58. The van der Waals surface area contributed by atoms with E-state index < -0.39 is 16.4 Å². The number of carbonyl (C=O) groups is 1. The van der Waals surface area contributed by atoms with E-state index in [0.29, 0.717) is 5.52 Å². The van der Waals surface area contributed by atoms with Crippen LogP contribution in [0.15, 0.2) is 59.2 Å². The molecule has 0 saturated heterocycles. The fourth-order valence-corrected chi connectivity index (χ4v) is 2.35. The van der Waals surface area contributed by atoms with Crippen LogP contribution in [0.5, 0.6) is 0 Å².